The van der Waals surface area contributed by atoms with Crippen molar-refractivity contribution in [2.45, 2.75) is 25.8 Å². The van der Waals surface area contributed by atoms with Crippen molar-refractivity contribution in [1.29, 1.82) is 0 Å². The predicted molar refractivity (Wildman–Crippen MR) is 67.1 cm³/mol. The summed E-state index contributed by atoms with van der Waals surface area (Å²) in [7, 11) is 0. The lowest BCUT2D eigenvalue weighted by Crippen LogP contribution is -2.25. The molecule has 0 heterocycles. The third-order valence-electron chi connectivity index (χ3n) is 2.46. The predicted octanol–water partition coefficient (Wildman–Crippen LogP) is 3.41. The van der Waals surface area contributed by atoms with Crippen LogP contribution in [0.15, 0.2) is 21.1 Å². The zero-order chi connectivity index (χ0) is 11.0. The molecule has 80 valence electrons. The van der Waals surface area contributed by atoms with Crippen LogP contribution < -0.4 is 5.32 Å². The van der Waals surface area contributed by atoms with Gasteiger partial charge in [0.25, 0.3) is 5.91 Å². The highest BCUT2D eigenvalue weighted by atomic mass is 79.9. The molecule has 15 heavy (non-hydrogen) atoms. The first-order chi connectivity index (χ1) is 7.08. The monoisotopic (exact) mass is 331 g/mol. The van der Waals surface area contributed by atoms with Gasteiger partial charge in [-0.1, -0.05) is 31.9 Å². The Morgan fingerprint density at radius 3 is 2.33 bits per heavy atom. The summed E-state index contributed by atoms with van der Waals surface area (Å²) < 4.78 is 1.91. The summed E-state index contributed by atoms with van der Waals surface area (Å²) >= 11 is 6.87. The van der Waals surface area contributed by atoms with E-state index in [1.165, 1.54) is 0 Å². The second-order valence-corrected chi connectivity index (χ2v) is 5.52. The average Bonchev–Trinajstić information content (AvgIpc) is 2.97. The molecule has 2 nitrogen and oxygen atoms in total. The maximum atomic E-state index is 11.8. The van der Waals surface area contributed by atoms with Crippen molar-refractivity contribution in [3.63, 3.8) is 0 Å². The Bertz CT molecular complexity index is 390. The van der Waals surface area contributed by atoms with Gasteiger partial charge in [-0.05, 0) is 37.5 Å². The molecule has 1 aromatic rings. The van der Waals surface area contributed by atoms with Crippen LogP contribution in [0, 0.1) is 6.92 Å². The van der Waals surface area contributed by atoms with Gasteiger partial charge in [0.05, 0.1) is 0 Å². The van der Waals surface area contributed by atoms with Crippen LogP contribution in [-0.2, 0) is 0 Å². The lowest BCUT2D eigenvalue weighted by atomic mass is 10.1. The number of halogens is 2. The molecule has 1 amide bonds. The van der Waals surface area contributed by atoms with Gasteiger partial charge >= 0.3 is 0 Å². The maximum absolute atomic E-state index is 11.8. The highest BCUT2D eigenvalue weighted by Crippen LogP contribution is 2.27. The van der Waals surface area contributed by atoms with Gasteiger partial charge in [0, 0.05) is 20.6 Å². The van der Waals surface area contributed by atoms with Gasteiger partial charge in [-0.15, -0.1) is 0 Å². The molecule has 1 saturated carbocycles. The third-order valence-corrected chi connectivity index (χ3v) is 4.10. The van der Waals surface area contributed by atoms with Crippen LogP contribution in [0.3, 0.4) is 0 Å². The lowest BCUT2D eigenvalue weighted by molar-refractivity contribution is 0.0951. The van der Waals surface area contributed by atoms with E-state index in [1.807, 2.05) is 19.1 Å². The Hall–Kier alpha value is -0.350. The Labute approximate surface area is 106 Å². The van der Waals surface area contributed by atoms with E-state index in [4.69, 9.17) is 0 Å². The smallest absolute Gasteiger partial charge is 0.251 e. The zero-order valence-electron chi connectivity index (χ0n) is 8.31. The molecule has 1 aromatic carbocycles. The maximum Gasteiger partial charge on any atom is 0.251 e. The topological polar surface area (TPSA) is 29.1 Å². The normalized spacial score (nSPS) is 15.1. The second-order valence-electron chi connectivity index (χ2n) is 3.81. The summed E-state index contributed by atoms with van der Waals surface area (Å²) in [6.45, 7) is 2.00. The Kier molecular flexibility index (Phi) is 3.16. The molecule has 2 rings (SSSR count). The van der Waals surface area contributed by atoms with Gasteiger partial charge in [-0.3, -0.25) is 4.79 Å². The summed E-state index contributed by atoms with van der Waals surface area (Å²) in [6, 6.07) is 4.12. The summed E-state index contributed by atoms with van der Waals surface area (Å²) in [5.74, 6) is 0.0129. The number of hydrogen-bond acceptors (Lipinski definition) is 1. The number of carbonyl (C=O) groups excluding carboxylic acids is 1. The number of amides is 1. The molecule has 0 saturated heterocycles. The molecule has 0 spiro atoms. The number of hydrogen-bond donors (Lipinski definition) is 1. The van der Waals surface area contributed by atoms with Crippen molar-refractivity contribution in [3.05, 3.63) is 32.2 Å². The minimum Gasteiger partial charge on any atom is -0.349 e. The van der Waals surface area contributed by atoms with E-state index in [1.54, 1.807) is 0 Å². The highest BCUT2D eigenvalue weighted by molar-refractivity contribution is 9.11. The first-order valence-corrected chi connectivity index (χ1v) is 6.43. The molecular weight excluding hydrogens is 322 g/mol. The summed E-state index contributed by atoms with van der Waals surface area (Å²) in [5.41, 5.74) is 1.81. The van der Waals surface area contributed by atoms with Crippen LogP contribution in [0.2, 0.25) is 0 Å². The van der Waals surface area contributed by atoms with Gasteiger partial charge < -0.3 is 5.32 Å². The van der Waals surface area contributed by atoms with Crippen molar-refractivity contribution in [3.8, 4) is 0 Å². The van der Waals surface area contributed by atoms with Crippen LogP contribution >= 0.6 is 31.9 Å². The van der Waals surface area contributed by atoms with Gasteiger partial charge in [-0.2, -0.15) is 0 Å². The van der Waals surface area contributed by atoms with Crippen LogP contribution in [0.5, 0.6) is 0 Å². The second kappa shape index (κ2) is 4.26. The van der Waals surface area contributed by atoms with E-state index in [2.05, 4.69) is 37.2 Å². The first-order valence-electron chi connectivity index (χ1n) is 4.84. The molecule has 4 heteroatoms. The minimum absolute atomic E-state index is 0.0129. The summed E-state index contributed by atoms with van der Waals surface area (Å²) in [4.78, 5) is 11.8. The van der Waals surface area contributed by atoms with Gasteiger partial charge in [-0.25, -0.2) is 0 Å². The number of carbonyl (C=O) groups is 1. The zero-order valence-corrected chi connectivity index (χ0v) is 11.5. The molecular formula is C11H11Br2NO. The van der Waals surface area contributed by atoms with E-state index in [0.29, 0.717) is 11.6 Å². The van der Waals surface area contributed by atoms with E-state index in [-0.39, 0.29) is 5.91 Å². The van der Waals surface area contributed by atoms with Gasteiger partial charge in [0.15, 0.2) is 0 Å². The van der Waals surface area contributed by atoms with E-state index in [0.717, 1.165) is 27.4 Å². The van der Waals surface area contributed by atoms with Crippen molar-refractivity contribution >= 4 is 37.8 Å². The van der Waals surface area contributed by atoms with Crippen LogP contribution in [0.25, 0.3) is 0 Å². The molecule has 0 bridgehead atoms. The van der Waals surface area contributed by atoms with Gasteiger partial charge in [0.2, 0.25) is 0 Å². The van der Waals surface area contributed by atoms with Crippen molar-refractivity contribution < 1.29 is 4.79 Å². The molecule has 0 aromatic heterocycles. The Morgan fingerprint density at radius 1 is 1.33 bits per heavy atom. The Balaban J connectivity index is 2.23. The summed E-state index contributed by atoms with van der Waals surface area (Å²) in [5, 5.41) is 2.96. The number of benzene rings is 1. The molecule has 0 aliphatic heterocycles. The molecule has 1 fully saturated rings. The SMILES string of the molecule is Cc1c(Br)cc(C(=O)NC2CC2)cc1Br. The van der Waals surface area contributed by atoms with Crippen LogP contribution in [0.4, 0.5) is 0 Å². The van der Waals surface area contributed by atoms with E-state index in [9.17, 15) is 4.79 Å². The fourth-order valence-electron chi connectivity index (χ4n) is 1.27. The minimum atomic E-state index is 0.0129. The van der Waals surface area contributed by atoms with Crippen molar-refractivity contribution in [2.75, 3.05) is 0 Å². The quantitative estimate of drug-likeness (QED) is 0.883. The summed E-state index contributed by atoms with van der Waals surface area (Å²) in [6.07, 6.45) is 2.22. The molecule has 1 N–H and O–H groups in total. The molecule has 0 unspecified atom stereocenters. The molecule has 0 radical (unpaired) electrons. The van der Waals surface area contributed by atoms with E-state index >= 15 is 0 Å². The van der Waals surface area contributed by atoms with Crippen molar-refractivity contribution in [1.82, 2.24) is 5.32 Å². The number of nitrogens with one attached hydrogen (secondary N) is 1. The van der Waals surface area contributed by atoms with Crippen LogP contribution in [0.1, 0.15) is 28.8 Å². The lowest BCUT2D eigenvalue weighted by Gasteiger charge is -2.07. The molecule has 1 aliphatic carbocycles. The molecule has 1 aliphatic rings. The Morgan fingerprint density at radius 2 is 1.87 bits per heavy atom. The third kappa shape index (κ3) is 2.61. The highest BCUT2D eigenvalue weighted by Gasteiger charge is 2.24. The first kappa shape index (κ1) is 11.1. The average molecular weight is 333 g/mol. The van der Waals surface area contributed by atoms with Crippen molar-refractivity contribution in [2.24, 2.45) is 0 Å². The fourth-order valence-corrected chi connectivity index (χ4v) is 2.46. The largest absolute Gasteiger partial charge is 0.349 e. The molecule has 0 atom stereocenters. The van der Waals surface area contributed by atoms with E-state index < -0.39 is 0 Å². The van der Waals surface area contributed by atoms with Gasteiger partial charge in [0.1, 0.15) is 0 Å². The fraction of sp³-hybridized carbons (Fsp3) is 0.364. The van der Waals surface area contributed by atoms with Crippen LogP contribution in [-0.4, -0.2) is 11.9 Å². The number of rotatable bonds is 2. The standard InChI is InChI=1S/C11H11Br2NO/c1-6-9(12)4-7(5-10(6)13)11(15)14-8-2-3-8/h4-5,8H,2-3H2,1H3,(H,14,15).